The van der Waals surface area contributed by atoms with Crippen LogP contribution in [-0.2, 0) is 20.6 Å². The van der Waals surface area contributed by atoms with Crippen LogP contribution < -0.4 is 10.0 Å². The van der Waals surface area contributed by atoms with Gasteiger partial charge in [-0.2, -0.15) is 11.8 Å². The molecule has 2 N–H and O–H groups in total. The Hall–Kier alpha value is -1.90. The Bertz CT molecular complexity index is 886. The van der Waals surface area contributed by atoms with E-state index >= 15 is 0 Å². The highest BCUT2D eigenvalue weighted by Crippen LogP contribution is 2.20. The monoisotopic (exact) mass is 396 g/mol. The molecule has 26 heavy (non-hydrogen) atoms. The number of rotatable bonds is 8. The van der Waals surface area contributed by atoms with Crippen LogP contribution in [0.5, 0.6) is 0 Å². The number of halogens is 1. The van der Waals surface area contributed by atoms with E-state index in [1.54, 1.807) is 37.3 Å². The van der Waals surface area contributed by atoms with E-state index in [0.717, 1.165) is 0 Å². The number of aryl methyl sites for hydroxylation is 1. The molecule has 0 saturated heterocycles. The Morgan fingerprint density at radius 3 is 2.62 bits per heavy atom. The molecule has 0 radical (unpaired) electrons. The fourth-order valence-electron chi connectivity index (χ4n) is 2.29. The summed E-state index contributed by atoms with van der Waals surface area (Å²) in [4.78, 5) is 11.3. The lowest BCUT2D eigenvalue weighted by atomic mass is 10.2. The molecule has 0 bridgehead atoms. The molecule has 5 nitrogen and oxygen atoms in total. The molecule has 0 spiro atoms. The number of amides is 1. The standard InChI is InChI=1S/C18H21FN2O3S2/c1-13-7-8-16(21-14(2)22)11-18(13)26(23,24)20-9-10-25-12-15-5-3-4-6-17(15)19/h3-8,11,20H,9-10,12H2,1-2H3,(H,21,22). The summed E-state index contributed by atoms with van der Waals surface area (Å²) in [5, 5.41) is 2.57. The smallest absolute Gasteiger partial charge is 0.240 e. The third-order valence-electron chi connectivity index (χ3n) is 3.55. The molecule has 1 amide bonds. The van der Waals surface area contributed by atoms with Crippen LogP contribution in [0, 0.1) is 12.7 Å². The van der Waals surface area contributed by atoms with Gasteiger partial charge in [0.1, 0.15) is 5.82 Å². The van der Waals surface area contributed by atoms with Gasteiger partial charge in [0.25, 0.3) is 0 Å². The molecule has 0 aliphatic rings. The molecule has 2 aromatic carbocycles. The summed E-state index contributed by atoms with van der Waals surface area (Å²) in [6, 6.07) is 11.3. The van der Waals surface area contributed by atoms with E-state index in [-0.39, 0.29) is 23.2 Å². The Labute approximate surface area is 157 Å². The van der Waals surface area contributed by atoms with Crippen molar-refractivity contribution in [2.24, 2.45) is 0 Å². The van der Waals surface area contributed by atoms with Crippen LogP contribution in [0.25, 0.3) is 0 Å². The van der Waals surface area contributed by atoms with Crippen molar-refractivity contribution in [2.75, 3.05) is 17.6 Å². The second-order valence-electron chi connectivity index (χ2n) is 5.70. The largest absolute Gasteiger partial charge is 0.326 e. The van der Waals surface area contributed by atoms with Gasteiger partial charge in [0.2, 0.25) is 15.9 Å². The molecule has 0 aliphatic heterocycles. The zero-order valence-corrected chi connectivity index (χ0v) is 16.2. The maximum Gasteiger partial charge on any atom is 0.240 e. The predicted octanol–water partition coefficient (Wildman–Crippen LogP) is 3.30. The van der Waals surface area contributed by atoms with Gasteiger partial charge >= 0.3 is 0 Å². The Morgan fingerprint density at radius 2 is 1.92 bits per heavy atom. The molecule has 0 atom stereocenters. The molecular formula is C18H21FN2O3S2. The summed E-state index contributed by atoms with van der Waals surface area (Å²) in [6.45, 7) is 3.28. The molecule has 0 fully saturated rings. The Morgan fingerprint density at radius 1 is 1.19 bits per heavy atom. The van der Waals surface area contributed by atoms with E-state index in [0.29, 0.717) is 28.3 Å². The van der Waals surface area contributed by atoms with Gasteiger partial charge in [-0.25, -0.2) is 17.5 Å². The summed E-state index contributed by atoms with van der Waals surface area (Å²) >= 11 is 1.45. The molecule has 2 aromatic rings. The normalized spacial score (nSPS) is 11.3. The van der Waals surface area contributed by atoms with Gasteiger partial charge in [-0.05, 0) is 36.2 Å². The molecule has 0 unspecified atom stereocenters. The van der Waals surface area contributed by atoms with Crippen LogP contribution in [0.1, 0.15) is 18.1 Å². The highest BCUT2D eigenvalue weighted by molar-refractivity contribution is 7.98. The molecule has 2 rings (SSSR count). The van der Waals surface area contributed by atoms with Gasteiger partial charge < -0.3 is 5.32 Å². The fraction of sp³-hybridized carbons (Fsp3) is 0.278. The number of carbonyl (C=O) groups excluding carboxylic acids is 1. The minimum absolute atomic E-state index is 0.128. The molecule has 0 heterocycles. The summed E-state index contributed by atoms with van der Waals surface area (Å²) in [5.41, 5.74) is 1.61. The number of hydrogen-bond acceptors (Lipinski definition) is 4. The zero-order valence-electron chi connectivity index (χ0n) is 14.6. The van der Waals surface area contributed by atoms with Crippen molar-refractivity contribution < 1.29 is 17.6 Å². The van der Waals surface area contributed by atoms with Crippen molar-refractivity contribution in [3.05, 3.63) is 59.4 Å². The summed E-state index contributed by atoms with van der Waals surface area (Å²) in [7, 11) is -3.69. The molecule has 0 aromatic heterocycles. The highest BCUT2D eigenvalue weighted by Gasteiger charge is 2.17. The predicted molar refractivity (Wildman–Crippen MR) is 103 cm³/mol. The number of anilines is 1. The topological polar surface area (TPSA) is 75.3 Å². The van der Waals surface area contributed by atoms with E-state index in [1.807, 2.05) is 0 Å². The van der Waals surface area contributed by atoms with Crippen molar-refractivity contribution >= 4 is 33.4 Å². The SMILES string of the molecule is CC(=O)Nc1ccc(C)c(S(=O)(=O)NCCSCc2ccccc2F)c1. The molecule has 140 valence electrons. The van der Waals surface area contributed by atoms with E-state index in [1.165, 1.54) is 30.8 Å². The summed E-state index contributed by atoms with van der Waals surface area (Å²) < 4.78 is 41.0. The lowest BCUT2D eigenvalue weighted by Crippen LogP contribution is -2.27. The second kappa shape index (κ2) is 9.16. The second-order valence-corrected chi connectivity index (χ2v) is 8.54. The van der Waals surface area contributed by atoms with E-state index in [2.05, 4.69) is 10.0 Å². The van der Waals surface area contributed by atoms with Crippen molar-refractivity contribution in [1.82, 2.24) is 4.72 Å². The van der Waals surface area contributed by atoms with E-state index in [4.69, 9.17) is 0 Å². The molecule has 0 saturated carbocycles. The number of benzene rings is 2. The number of thioether (sulfide) groups is 1. The third kappa shape index (κ3) is 5.82. The molecule has 8 heteroatoms. The first kappa shape index (κ1) is 20.4. The number of nitrogens with one attached hydrogen (secondary N) is 2. The van der Waals surface area contributed by atoms with Crippen molar-refractivity contribution in [3.63, 3.8) is 0 Å². The van der Waals surface area contributed by atoms with E-state index in [9.17, 15) is 17.6 Å². The van der Waals surface area contributed by atoms with Crippen molar-refractivity contribution in [1.29, 1.82) is 0 Å². The van der Waals surface area contributed by atoms with E-state index < -0.39 is 10.0 Å². The van der Waals surface area contributed by atoms with Gasteiger partial charge in [-0.3, -0.25) is 4.79 Å². The number of carbonyl (C=O) groups is 1. The quantitative estimate of drug-likeness (QED) is 0.672. The van der Waals surface area contributed by atoms with Crippen LogP contribution in [0.15, 0.2) is 47.4 Å². The maximum absolute atomic E-state index is 13.5. The van der Waals surface area contributed by atoms with Crippen LogP contribution in [0.3, 0.4) is 0 Å². The lowest BCUT2D eigenvalue weighted by Gasteiger charge is -2.11. The van der Waals surface area contributed by atoms with Gasteiger partial charge in [0.15, 0.2) is 0 Å². The summed E-state index contributed by atoms with van der Waals surface area (Å²) in [5.74, 6) is 0.462. The Kier molecular flexibility index (Phi) is 7.19. The first-order chi connectivity index (χ1) is 12.3. The average molecular weight is 397 g/mol. The van der Waals surface area contributed by atoms with Crippen molar-refractivity contribution in [2.45, 2.75) is 24.5 Å². The zero-order chi connectivity index (χ0) is 19.2. The maximum atomic E-state index is 13.5. The van der Waals surface area contributed by atoms with Gasteiger partial charge in [-0.1, -0.05) is 24.3 Å². The van der Waals surface area contributed by atoms with Crippen LogP contribution in [0.2, 0.25) is 0 Å². The minimum atomic E-state index is -3.69. The van der Waals surface area contributed by atoms with Crippen LogP contribution >= 0.6 is 11.8 Å². The van der Waals surface area contributed by atoms with Crippen molar-refractivity contribution in [3.8, 4) is 0 Å². The fourth-order valence-corrected chi connectivity index (χ4v) is 4.57. The van der Waals surface area contributed by atoms with Gasteiger partial charge in [0, 0.05) is 30.7 Å². The third-order valence-corrected chi connectivity index (χ3v) is 6.16. The van der Waals surface area contributed by atoms with Crippen LogP contribution in [0.4, 0.5) is 10.1 Å². The number of sulfonamides is 1. The number of hydrogen-bond donors (Lipinski definition) is 2. The minimum Gasteiger partial charge on any atom is -0.326 e. The summed E-state index contributed by atoms with van der Waals surface area (Å²) in [6.07, 6.45) is 0. The molecule has 0 aliphatic carbocycles. The Balaban J connectivity index is 1.92. The van der Waals surface area contributed by atoms with Gasteiger partial charge in [-0.15, -0.1) is 0 Å². The first-order valence-electron chi connectivity index (χ1n) is 7.98. The molecular weight excluding hydrogens is 375 g/mol. The first-order valence-corrected chi connectivity index (χ1v) is 10.6. The lowest BCUT2D eigenvalue weighted by molar-refractivity contribution is -0.114. The van der Waals surface area contributed by atoms with Crippen LogP contribution in [-0.4, -0.2) is 26.6 Å². The highest BCUT2D eigenvalue weighted by atomic mass is 32.2. The van der Waals surface area contributed by atoms with Gasteiger partial charge in [0.05, 0.1) is 4.90 Å². The average Bonchev–Trinajstić information content (AvgIpc) is 2.57.